The molecular formula is C25H36O5. The van der Waals surface area contributed by atoms with Crippen LogP contribution in [0.25, 0.3) is 0 Å². The number of aliphatic hydroxyl groups excluding tert-OH is 2. The number of Topliss-reactive ketones (excluding diaryl/α,β-unsaturated/α-hetero) is 1. The van der Waals surface area contributed by atoms with E-state index in [0.29, 0.717) is 38.5 Å². The molecule has 1 aromatic carbocycles. The van der Waals surface area contributed by atoms with E-state index in [2.05, 4.69) is 0 Å². The van der Waals surface area contributed by atoms with E-state index in [-0.39, 0.29) is 24.0 Å². The molecule has 1 aliphatic carbocycles. The van der Waals surface area contributed by atoms with Crippen LogP contribution >= 0.6 is 0 Å². The second-order valence-corrected chi connectivity index (χ2v) is 9.05. The first kappa shape index (κ1) is 24.3. The van der Waals surface area contributed by atoms with Gasteiger partial charge in [-0.25, -0.2) is 0 Å². The van der Waals surface area contributed by atoms with E-state index in [1.807, 2.05) is 42.5 Å². The summed E-state index contributed by atoms with van der Waals surface area (Å²) in [7, 11) is 0. The maximum Gasteiger partial charge on any atom is 0.303 e. The lowest BCUT2D eigenvalue weighted by Gasteiger charge is -2.25. The molecule has 2 rings (SSSR count). The molecule has 1 aliphatic rings. The van der Waals surface area contributed by atoms with E-state index >= 15 is 0 Å². The van der Waals surface area contributed by atoms with E-state index in [1.165, 1.54) is 5.56 Å². The Kier molecular flexibility index (Phi) is 9.25. The Bertz CT molecular complexity index is 710. The lowest BCUT2D eigenvalue weighted by atomic mass is 9.84. The number of carbonyl (C=O) groups is 2. The summed E-state index contributed by atoms with van der Waals surface area (Å²) in [5, 5.41) is 29.9. The van der Waals surface area contributed by atoms with Gasteiger partial charge >= 0.3 is 5.97 Å². The Morgan fingerprint density at radius 2 is 1.87 bits per heavy atom. The topological polar surface area (TPSA) is 94.8 Å². The monoisotopic (exact) mass is 416 g/mol. The number of benzene rings is 1. The predicted octanol–water partition coefficient (Wildman–Crippen LogP) is 4.16. The van der Waals surface area contributed by atoms with Gasteiger partial charge in [-0.3, -0.25) is 9.59 Å². The molecule has 5 nitrogen and oxygen atoms in total. The van der Waals surface area contributed by atoms with Crippen molar-refractivity contribution >= 4 is 11.8 Å². The van der Waals surface area contributed by atoms with Crippen molar-refractivity contribution < 1.29 is 24.9 Å². The minimum absolute atomic E-state index is 0.0777. The van der Waals surface area contributed by atoms with Gasteiger partial charge in [-0.05, 0) is 56.4 Å². The van der Waals surface area contributed by atoms with Crippen LogP contribution in [0.3, 0.4) is 0 Å². The number of hydrogen-bond donors (Lipinski definition) is 3. The minimum atomic E-state index is -0.801. The lowest BCUT2D eigenvalue weighted by Crippen LogP contribution is -2.32. The van der Waals surface area contributed by atoms with Gasteiger partial charge in [0.25, 0.3) is 0 Å². The minimum Gasteiger partial charge on any atom is -0.481 e. The predicted molar refractivity (Wildman–Crippen MR) is 117 cm³/mol. The summed E-state index contributed by atoms with van der Waals surface area (Å²) in [6, 6.07) is 10.1. The summed E-state index contributed by atoms with van der Waals surface area (Å²) in [4.78, 5) is 23.5. The molecule has 4 atom stereocenters. The molecule has 30 heavy (non-hydrogen) atoms. The summed E-state index contributed by atoms with van der Waals surface area (Å²) in [5.74, 6) is -1.14. The Morgan fingerprint density at radius 1 is 1.17 bits per heavy atom. The molecule has 1 unspecified atom stereocenters. The smallest absolute Gasteiger partial charge is 0.303 e. The molecule has 0 saturated heterocycles. The molecule has 1 saturated carbocycles. The largest absolute Gasteiger partial charge is 0.481 e. The molecule has 0 radical (unpaired) electrons. The van der Waals surface area contributed by atoms with Crippen LogP contribution in [0, 0.1) is 17.3 Å². The molecule has 0 aliphatic heterocycles. The first-order valence-corrected chi connectivity index (χ1v) is 11.0. The molecule has 5 heteroatoms. The van der Waals surface area contributed by atoms with Gasteiger partial charge in [-0.15, -0.1) is 0 Å². The molecule has 1 aromatic rings. The maximum absolute atomic E-state index is 12.9. The van der Waals surface area contributed by atoms with E-state index in [0.717, 1.165) is 6.42 Å². The Hall–Kier alpha value is -1.98. The van der Waals surface area contributed by atoms with Gasteiger partial charge in [-0.2, -0.15) is 0 Å². The molecule has 0 heterocycles. The first-order valence-electron chi connectivity index (χ1n) is 11.0. The highest BCUT2D eigenvalue weighted by Crippen LogP contribution is 2.46. The molecule has 1 fully saturated rings. The molecule has 0 spiro atoms. The standard InChI is InChI=1S/C25H36O5/c1-25(2)23(29)20(12-8-3-4-9-13-22(27)28)21(24(25)30)17-16-19(26)15-14-18-10-6-5-7-11-18/h3,5-8,10-11,19-21,24,26,30H,4,9,12-17H2,1-2H3,(H,27,28)/t19?,20-,21-,24+/m1/s1. The van der Waals surface area contributed by atoms with Crippen molar-refractivity contribution in [2.45, 2.75) is 77.4 Å². The number of carbonyl (C=O) groups excluding carboxylic acids is 1. The van der Waals surface area contributed by atoms with Gasteiger partial charge in [0, 0.05) is 17.8 Å². The van der Waals surface area contributed by atoms with Crippen molar-refractivity contribution in [3.8, 4) is 0 Å². The van der Waals surface area contributed by atoms with Gasteiger partial charge < -0.3 is 15.3 Å². The molecule has 0 bridgehead atoms. The number of ketones is 1. The third-order valence-electron chi connectivity index (χ3n) is 6.39. The zero-order chi connectivity index (χ0) is 22.1. The van der Waals surface area contributed by atoms with Crippen LogP contribution in [0.5, 0.6) is 0 Å². The summed E-state index contributed by atoms with van der Waals surface area (Å²) < 4.78 is 0. The number of hydrogen-bond acceptors (Lipinski definition) is 4. The fraction of sp³-hybridized carbons (Fsp3) is 0.600. The number of aliphatic carboxylic acids is 1. The quantitative estimate of drug-likeness (QED) is 0.351. The molecular weight excluding hydrogens is 380 g/mol. The third kappa shape index (κ3) is 6.78. The number of aryl methyl sites for hydroxylation is 1. The summed E-state index contributed by atoms with van der Waals surface area (Å²) in [6.45, 7) is 3.60. The highest BCUT2D eigenvalue weighted by Gasteiger charge is 2.53. The Labute approximate surface area is 179 Å². The van der Waals surface area contributed by atoms with E-state index < -0.39 is 23.6 Å². The summed E-state index contributed by atoms with van der Waals surface area (Å²) >= 11 is 0. The van der Waals surface area contributed by atoms with Crippen molar-refractivity contribution in [3.05, 3.63) is 48.0 Å². The SMILES string of the molecule is CC1(C)C(=O)[C@H](CC=CCCCC(=O)O)[C@@H](CCC(O)CCc2ccccc2)[C@@H]1O. The van der Waals surface area contributed by atoms with Gasteiger partial charge in [0.05, 0.1) is 12.2 Å². The number of carboxylic acids is 1. The average Bonchev–Trinajstić information content (AvgIpc) is 2.88. The van der Waals surface area contributed by atoms with Crippen LogP contribution in [0.2, 0.25) is 0 Å². The Balaban J connectivity index is 1.87. The number of unbranched alkanes of at least 4 members (excludes halogenated alkanes) is 1. The molecule has 0 amide bonds. The molecule has 3 N–H and O–H groups in total. The van der Waals surface area contributed by atoms with Crippen LogP contribution in [-0.2, 0) is 16.0 Å². The van der Waals surface area contributed by atoms with Gasteiger partial charge in [-0.1, -0.05) is 56.3 Å². The van der Waals surface area contributed by atoms with E-state index in [4.69, 9.17) is 5.11 Å². The zero-order valence-electron chi connectivity index (χ0n) is 18.2. The molecule has 166 valence electrons. The fourth-order valence-corrected chi connectivity index (χ4v) is 4.45. The average molecular weight is 417 g/mol. The van der Waals surface area contributed by atoms with Crippen molar-refractivity contribution in [2.75, 3.05) is 0 Å². The second kappa shape index (κ2) is 11.4. The first-order chi connectivity index (χ1) is 14.2. The summed E-state index contributed by atoms with van der Waals surface area (Å²) in [5.41, 5.74) is 0.418. The van der Waals surface area contributed by atoms with E-state index in [1.54, 1.807) is 13.8 Å². The van der Waals surface area contributed by atoms with Crippen LogP contribution in [0.4, 0.5) is 0 Å². The summed E-state index contributed by atoms with van der Waals surface area (Å²) in [6.07, 6.45) is 7.30. The number of allylic oxidation sites excluding steroid dienone is 2. The lowest BCUT2D eigenvalue weighted by molar-refractivity contribution is -0.137. The van der Waals surface area contributed by atoms with Crippen LogP contribution in [-0.4, -0.2) is 39.3 Å². The second-order valence-electron chi connectivity index (χ2n) is 9.05. The highest BCUT2D eigenvalue weighted by molar-refractivity contribution is 5.90. The number of aliphatic hydroxyl groups is 2. The maximum atomic E-state index is 12.9. The Morgan fingerprint density at radius 3 is 2.53 bits per heavy atom. The zero-order valence-corrected chi connectivity index (χ0v) is 18.2. The van der Waals surface area contributed by atoms with Crippen LogP contribution in [0.15, 0.2) is 42.5 Å². The van der Waals surface area contributed by atoms with Gasteiger partial charge in [0.2, 0.25) is 0 Å². The van der Waals surface area contributed by atoms with Crippen LogP contribution < -0.4 is 0 Å². The fourth-order valence-electron chi connectivity index (χ4n) is 4.45. The van der Waals surface area contributed by atoms with Crippen molar-refractivity contribution in [1.29, 1.82) is 0 Å². The van der Waals surface area contributed by atoms with Crippen molar-refractivity contribution in [1.82, 2.24) is 0 Å². The van der Waals surface area contributed by atoms with Crippen molar-refractivity contribution in [2.24, 2.45) is 17.3 Å². The number of carboxylic acid groups (broad SMARTS) is 1. The third-order valence-corrected chi connectivity index (χ3v) is 6.39. The van der Waals surface area contributed by atoms with Crippen molar-refractivity contribution in [3.63, 3.8) is 0 Å². The van der Waals surface area contributed by atoms with Gasteiger partial charge in [0.15, 0.2) is 0 Å². The van der Waals surface area contributed by atoms with Gasteiger partial charge in [0.1, 0.15) is 5.78 Å². The van der Waals surface area contributed by atoms with E-state index in [9.17, 15) is 19.8 Å². The van der Waals surface area contributed by atoms with Crippen LogP contribution in [0.1, 0.15) is 64.4 Å². The normalized spacial score (nSPS) is 24.4. The number of rotatable bonds is 12. The molecule has 0 aromatic heterocycles. The highest BCUT2D eigenvalue weighted by atomic mass is 16.4.